The van der Waals surface area contributed by atoms with Crippen LogP contribution in [0.25, 0.3) is 0 Å². The molecule has 0 aliphatic carbocycles. The lowest BCUT2D eigenvalue weighted by molar-refractivity contribution is 0.0996. The molecule has 1 amide bonds. The summed E-state index contributed by atoms with van der Waals surface area (Å²) in [6.07, 6.45) is 1.73. The van der Waals surface area contributed by atoms with E-state index in [1.54, 1.807) is 71.5 Å². The molecule has 1 aromatic heterocycles. The van der Waals surface area contributed by atoms with E-state index in [0.717, 1.165) is 5.56 Å². The highest BCUT2D eigenvalue weighted by Gasteiger charge is 2.20. The fraction of sp³-hybridized carbons (Fsp3) is 0.0417. The highest BCUT2D eigenvalue weighted by molar-refractivity contribution is 9.10. The van der Waals surface area contributed by atoms with E-state index in [1.165, 1.54) is 0 Å². The van der Waals surface area contributed by atoms with Gasteiger partial charge in [0.05, 0.1) is 16.6 Å². The number of aromatic nitrogens is 2. The molecule has 0 radical (unpaired) electrons. The van der Waals surface area contributed by atoms with Crippen molar-refractivity contribution in [2.45, 2.75) is 6.54 Å². The van der Waals surface area contributed by atoms with E-state index in [9.17, 15) is 9.59 Å². The average Bonchev–Trinajstić information content (AvgIpc) is 3.14. The second-order valence-corrected chi connectivity index (χ2v) is 9.23. The number of anilines is 1. The summed E-state index contributed by atoms with van der Waals surface area (Å²) in [7, 11) is 0. The average molecular weight is 564 g/mol. The topological polar surface area (TPSA) is 64.0 Å². The maximum absolute atomic E-state index is 13.0. The molecule has 0 unspecified atom stereocenters. The molecule has 166 valence electrons. The Hall–Kier alpha value is -2.64. The van der Waals surface area contributed by atoms with Crippen molar-refractivity contribution in [2.75, 3.05) is 5.32 Å². The number of nitrogens with one attached hydrogen (secondary N) is 1. The van der Waals surface area contributed by atoms with Crippen LogP contribution in [0.3, 0.4) is 0 Å². The van der Waals surface area contributed by atoms with E-state index in [-0.39, 0.29) is 16.9 Å². The maximum atomic E-state index is 13.0. The van der Waals surface area contributed by atoms with Gasteiger partial charge in [-0.05, 0) is 64.0 Å². The van der Waals surface area contributed by atoms with Crippen LogP contribution in [0.1, 0.15) is 31.8 Å². The van der Waals surface area contributed by atoms with Crippen LogP contribution < -0.4 is 5.32 Å². The molecule has 5 nitrogen and oxygen atoms in total. The summed E-state index contributed by atoms with van der Waals surface area (Å²) in [5.74, 6) is -0.415. The molecule has 9 heteroatoms. The Bertz CT molecular complexity index is 1350. The quantitative estimate of drug-likeness (QED) is 0.254. The highest BCUT2D eigenvalue weighted by atomic mass is 79.9. The van der Waals surface area contributed by atoms with Crippen molar-refractivity contribution in [3.05, 3.63) is 115 Å². The summed E-state index contributed by atoms with van der Waals surface area (Å²) in [5.41, 5.74) is 1.78. The highest BCUT2D eigenvalue weighted by Crippen LogP contribution is 2.25. The first-order valence-corrected chi connectivity index (χ1v) is 11.6. The van der Waals surface area contributed by atoms with Gasteiger partial charge < -0.3 is 5.32 Å². The third kappa shape index (κ3) is 5.47. The fourth-order valence-electron chi connectivity index (χ4n) is 3.20. The van der Waals surface area contributed by atoms with Crippen molar-refractivity contribution in [1.29, 1.82) is 0 Å². The van der Waals surface area contributed by atoms with Crippen LogP contribution in [0.2, 0.25) is 15.1 Å². The van der Waals surface area contributed by atoms with Gasteiger partial charge in [-0.1, -0.05) is 59.1 Å². The second kappa shape index (κ2) is 10.1. The molecular formula is C24H15BrCl3N3O2. The fourth-order valence-corrected chi connectivity index (χ4v) is 4.21. The molecule has 0 aliphatic heterocycles. The van der Waals surface area contributed by atoms with Crippen LogP contribution in [0.15, 0.2) is 77.4 Å². The number of carbonyl (C=O) groups excluding carboxylic acids is 2. The van der Waals surface area contributed by atoms with Crippen molar-refractivity contribution in [3.8, 4) is 0 Å². The monoisotopic (exact) mass is 561 g/mol. The van der Waals surface area contributed by atoms with Crippen molar-refractivity contribution < 1.29 is 9.59 Å². The number of nitrogens with zero attached hydrogens (tertiary/aromatic N) is 2. The van der Waals surface area contributed by atoms with Crippen molar-refractivity contribution in [3.63, 3.8) is 0 Å². The number of carbonyl (C=O) groups is 2. The van der Waals surface area contributed by atoms with E-state index >= 15 is 0 Å². The molecular weight excluding hydrogens is 549 g/mol. The molecule has 1 N–H and O–H groups in total. The van der Waals surface area contributed by atoms with Crippen LogP contribution >= 0.6 is 50.7 Å². The summed E-state index contributed by atoms with van der Waals surface area (Å²) in [4.78, 5) is 26.0. The predicted octanol–water partition coefficient (Wildman–Crippen LogP) is 7.14. The predicted molar refractivity (Wildman–Crippen MR) is 135 cm³/mol. The molecule has 0 atom stereocenters. The van der Waals surface area contributed by atoms with Gasteiger partial charge in [0.1, 0.15) is 0 Å². The standard InChI is InChI=1S/C24H15BrCl3N3O2/c25-20-13-31(12-15-7-10-17(27)11-21(15)28)30-23(20)29-24(33)19-4-2-1-3-18(19)22(32)14-5-8-16(26)9-6-14/h1-11,13H,12H2,(H,29,30,33). The number of ketones is 1. The Labute approximate surface area is 213 Å². The van der Waals surface area contributed by atoms with E-state index in [2.05, 4.69) is 26.3 Å². The van der Waals surface area contributed by atoms with E-state index in [1.807, 2.05) is 6.07 Å². The molecule has 4 rings (SSSR count). The SMILES string of the molecule is O=C(Nc1nn(Cc2ccc(Cl)cc2Cl)cc1Br)c1ccccc1C(=O)c1ccc(Cl)cc1. The molecule has 1 heterocycles. The zero-order valence-electron chi connectivity index (χ0n) is 16.9. The number of halogens is 4. The Balaban J connectivity index is 1.56. The first-order chi connectivity index (χ1) is 15.8. The molecule has 0 fully saturated rings. The smallest absolute Gasteiger partial charge is 0.257 e. The second-order valence-electron chi connectivity index (χ2n) is 7.09. The van der Waals surface area contributed by atoms with Gasteiger partial charge in [0.15, 0.2) is 11.6 Å². The Kier molecular flexibility index (Phi) is 7.20. The molecule has 4 aromatic rings. The van der Waals surface area contributed by atoms with E-state index in [0.29, 0.717) is 37.5 Å². The summed E-state index contributed by atoms with van der Waals surface area (Å²) in [6, 6.07) is 18.4. The lowest BCUT2D eigenvalue weighted by atomic mass is 9.98. The van der Waals surface area contributed by atoms with Gasteiger partial charge in [-0.3, -0.25) is 14.3 Å². The van der Waals surface area contributed by atoms with Gasteiger partial charge in [0.25, 0.3) is 5.91 Å². The normalized spacial score (nSPS) is 10.8. The summed E-state index contributed by atoms with van der Waals surface area (Å²) < 4.78 is 2.22. The molecule has 33 heavy (non-hydrogen) atoms. The molecule has 0 aliphatic rings. The van der Waals surface area contributed by atoms with E-state index in [4.69, 9.17) is 34.8 Å². The largest absolute Gasteiger partial charge is 0.304 e. The van der Waals surface area contributed by atoms with Crippen molar-refractivity contribution >= 4 is 68.2 Å². The Morgan fingerprint density at radius 2 is 1.58 bits per heavy atom. The van der Waals surface area contributed by atoms with Gasteiger partial charge in [-0.2, -0.15) is 5.10 Å². The molecule has 0 saturated heterocycles. The van der Waals surface area contributed by atoms with Gasteiger partial charge in [-0.15, -0.1) is 0 Å². The minimum atomic E-state index is -0.455. The molecule has 3 aromatic carbocycles. The lowest BCUT2D eigenvalue weighted by Gasteiger charge is -2.09. The Morgan fingerprint density at radius 1 is 0.909 bits per heavy atom. The van der Waals surface area contributed by atoms with Crippen LogP contribution in [0, 0.1) is 0 Å². The first kappa shape index (κ1) is 23.5. The summed E-state index contributed by atoms with van der Waals surface area (Å²) >= 11 is 21.5. The van der Waals surface area contributed by atoms with Crippen LogP contribution in [0.5, 0.6) is 0 Å². The number of rotatable bonds is 6. The first-order valence-electron chi connectivity index (χ1n) is 9.69. The lowest BCUT2D eigenvalue weighted by Crippen LogP contribution is -2.17. The van der Waals surface area contributed by atoms with Gasteiger partial charge >= 0.3 is 0 Å². The zero-order chi connectivity index (χ0) is 23.5. The minimum absolute atomic E-state index is 0.236. The van der Waals surface area contributed by atoms with Gasteiger partial charge in [-0.25, -0.2) is 0 Å². The van der Waals surface area contributed by atoms with Crippen LogP contribution in [-0.4, -0.2) is 21.5 Å². The van der Waals surface area contributed by atoms with Crippen LogP contribution in [0.4, 0.5) is 5.82 Å². The number of hydrogen-bond acceptors (Lipinski definition) is 3. The maximum Gasteiger partial charge on any atom is 0.257 e. The summed E-state index contributed by atoms with van der Waals surface area (Å²) in [6.45, 7) is 0.385. The number of amides is 1. The number of hydrogen-bond donors (Lipinski definition) is 1. The molecule has 0 saturated carbocycles. The third-order valence-corrected chi connectivity index (χ3v) is 6.24. The Morgan fingerprint density at radius 3 is 2.27 bits per heavy atom. The third-order valence-electron chi connectivity index (χ3n) is 4.82. The summed E-state index contributed by atoms with van der Waals surface area (Å²) in [5, 5.41) is 8.79. The van der Waals surface area contributed by atoms with Gasteiger partial charge in [0.2, 0.25) is 0 Å². The van der Waals surface area contributed by atoms with Crippen molar-refractivity contribution in [2.24, 2.45) is 0 Å². The number of benzene rings is 3. The molecule has 0 bridgehead atoms. The zero-order valence-corrected chi connectivity index (χ0v) is 20.7. The van der Waals surface area contributed by atoms with Crippen LogP contribution in [-0.2, 0) is 6.54 Å². The molecule has 0 spiro atoms. The van der Waals surface area contributed by atoms with Gasteiger partial charge in [0, 0.05) is 32.4 Å². The van der Waals surface area contributed by atoms with E-state index < -0.39 is 5.91 Å². The van der Waals surface area contributed by atoms with Crippen molar-refractivity contribution in [1.82, 2.24) is 9.78 Å². The minimum Gasteiger partial charge on any atom is -0.304 e.